The molecule has 1 rings (SSSR count). The minimum atomic E-state index is 0.649. The van der Waals surface area contributed by atoms with Gasteiger partial charge in [0.15, 0.2) is 0 Å². The minimum Gasteiger partial charge on any atom is -0.0654 e. The van der Waals surface area contributed by atoms with Crippen LogP contribution in [0.2, 0.25) is 0 Å². The Hall–Kier alpha value is 0. The molecule has 0 aromatic heterocycles. The van der Waals surface area contributed by atoms with Crippen LogP contribution >= 0.6 is 0 Å². The number of hydrogen-bond donors (Lipinski definition) is 0. The molecule has 1 fully saturated rings. The Morgan fingerprint density at radius 1 is 1.33 bits per heavy atom. The monoisotopic (exact) mass is 168 g/mol. The highest BCUT2D eigenvalue weighted by atomic mass is 14.3. The molecule has 0 amide bonds. The fourth-order valence-electron chi connectivity index (χ4n) is 2.59. The average molecular weight is 168 g/mol. The first-order valence-corrected chi connectivity index (χ1v) is 5.64. The Morgan fingerprint density at radius 2 is 2.08 bits per heavy atom. The van der Waals surface area contributed by atoms with Gasteiger partial charge in [-0.15, -0.1) is 0 Å². The highest BCUT2D eigenvalue weighted by molar-refractivity contribution is 4.79. The summed E-state index contributed by atoms with van der Waals surface area (Å²) >= 11 is 0. The first-order valence-electron chi connectivity index (χ1n) is 5.64. The molecule has 72 valence electrons. The quantitative estimate of drug-likeness (QED) is 0.586. The van der Waals surface area contributed by atoms with Gasteiger partial charge in [0, 0.05) is 0 Å². The van der Waals surface area contributed by atoms with Gasteiger partial charge >= 0.3 is 0 Å². The molecule has 0 N–H and O–H groups in total. The third-order valence-electron chi connectivity index (χ3n) is 3.27. The van der Waals surface area contributed by atoms with E-state index < -0.39 is 0 Å². The van der Waals surface area contributed by atoms with Crippen LogP contribution in [0.4, 0.5) is 0 Å². The predicted molar refractivity (Wildman–Crippen MR) is 55.3 cm³/mol. The van der Waals surface area contributed by atoms with Crippen molar-refractivity contribution in [2.24, 2.45) is 11.3 Å². The highest BCUT2D eigenvalue weighted by Gasteiger charge is 2.27. The van der Waals surface area contributed by atoms with Crippen LogP contribution in [-0.4, -0.2) is 0 Å². The van der Waals surface area contributed by atoms with Crippen LogP contribution in [0.5, 0.6) is 0 Å². The molecule has 0 aliphatic heterocycles. The van der Waals surface area contributed by atoms with Gasteiger partial charge in [-0.1, -0.05) is 52.9 Å². The number of unbranched alkanes of at least 4 members (excludes halogenated alkanes) is 1. The van der Waals surface area contributed by atoms with Gasteiger partial charge in [-0.05, 0) is 24.2 Å². The average Bonchev–Trinajstić information content (AvgIpc) is 1.99. The molecule has 12 heavy (non-hydrogen) atoms. The van der Waals surface area contributed by atoms with Crippen LogP contribution in [0.15, 0.2) is 0 Å². The largest absolute Gasteiger partial charge is 0.0654 e. The summed E-state index contributed by atoms with van der Waals surface area (Å²) in [7, 11) is 0. The van der Waals surface area contributed by atoms with Gasteiger partial charge in [0.2, 0.25) is 0 Å². The zero-order valence-corrected chi connectivity index (χ0v) is 9.03. The molecule has 1 aliphatic rings. The Labute approximate surface area is 77.7 Å². The second-order valence-corrected chi connectivity index (χ2v) is 5.27. The molecule has 0 unspecified atom stereocenters. The van der Waals surface area contributed by atoms with Crippen molar-refractivity contribution in [1.29, 1.82) is 0 Å². The van der Waals surface area contributed by atoms with E-state index in [2.05, 4.69) is 20.8 Å². The summed E-state index contributed by atoms with van der Waals surface area (Å²) < 4.78 is 0. The SMILES string of the molecule is CCCC[C@@H]1CCCC(C)(C)C1. The second-order valence-electron chi connectivity index (χ2n) is 5.27. The molecule has 0 heterocycles. The summed E-state index contributed by atoms with van der Waals surface area (Å²) in [6.45, 7) is 7.17. The van der Waals surface area contributed by atoms with E-state index in [1.54, 1.807) is 0 Å². The van der Waals surface area contributed by atoms with Crippen LogP contribution < -0.4 is 0 Å². The smallest absolute Gasteiger partial charge is 0.0352 e. The van der Waals surface area contributed by atoms with Crippen LogP contribution in [0, 0.1) is 11.3 Å². The van der Waals surface area contributed by atoms with Gasteiger partial charge in [0.25, 0.3) is 0 Å². The second kappa shape index (κ2) is 4.30. The van der Waals surface area contributed by atoms with Crippen molar-refractivity contribution in [3.8, 4) is 0 Å². The van der Waals surface area contributed by atoms with Gasteiger partial charge in [0.1, 0.15) is 0 Å². The lowest BCUT2D eigenvalue weighted by Crippen LogP contribution is -2.22. The van der Waals surface area contributed by atoms with E-state index in [9.17, 15) is 0 Å². The van der Waals surface area contributed by atoms with Gasteiger partial charge in [-0.2, -0.15) is 0 Å². The Morgan fingerprint density at radius 3 is 2.67 bits per heavy atom. The van der Waals surface area contributed by atoms with Crippen molar-refractivity contribution in [3.63, 3.8) is 0 Å². The molecule has 1 aliphatic carbocycles. The molecule has 0 aromatic carbocycles. The molecule has 0 heteroatoms. The molecule has 1 saturated carbocycles. The molecule has 1 atom stereocenters. The van der Waals surface area contributed by atoms with Crippen molar-refractivity contribution in [3.05, 3.63) is 0 Å². The lowest BCUT2D eigenvalue weighted by atomic mass is 9.71. The molecule has 0 aromatic rings. The normalized spacial score (nSPS) is 28.8. The van der Waals surface area contributed by atoms with Crippen LogP contribution in [-0.2, 0) is 0 Å². The van der Waals surface area contributed by atoms with E-state index in [1.165, 1.54) is 44.9 Å². The minimum absolute atomic E-state index is 0.649. The topological polar surface area (TPSA) is 0 Å². The zero-order chi connectivity index (χ0) is 9.03. The Balaban J connectivity index is 2.26. The van der Waals surface area contributed by atoms with E-state index in [1.807, 2.05) is 0 Å². The summed E-state index contributed by atoms with van der Waals surface area (Å²) in [4.78, 5) is 0. The standard InChI is InChI=1S/C12H24/c1-4-5-7-11-8-6-9-12(2,3)10-11/h11H,4-10H2,1-3H3/t11-/m1/s1. The number of rotatable bonds is 3. The maximum atomic E-state index is 2.44. The molecule has 0 saturated heterocycles. The number of hydrogen-bond acceptors (Lipinski definition) is 0. The van der Waals surface area contributed by atoms with Crippen LogP contribution in [0.25, 0.3) is 0 Å². The van der Waals surface area contributed by atoms with Crippen LogP contribution in [0.3, 0.4) is 0 Å². The molecular formula is C12H24. The lowest BCUT2D eigenvalue weighted by molar-refractivity contribution is 0.171. The van der Waals surface area contributed by atoms with Crippen molar-refractivity contribution >= 4 is 0 Å². The lowest BCUT2D eigenvalue weighted by Gasteiger charge is -2.35. The molecule has 0 nitrogen and oxygen atoms in total. The van der Waals surface area contributed by atoms with Crippen molar-refractivity contribution in [2.75, 3.05) is 0 Å². The van der Waals surface area contributed by atoms with Gasteiger partial charge in [-0.25, -0.2) is 0 Å². The summed E-state index contributed by atoms with van der Waals surface area (Å²) in [5.41, 5.74) is 0.649. The van der Waals surface area contributed by atoms with Crippen molar-refractivity contribution < 1.29 is 0 Å². The van der Waals surface area contributed by atoms with Crippen molar-refractivity contribution in [1.82, 2.24) is 0 Å². The van der Waals surface area contributed by atoms with Gasteiger partial charge < -0.3 is 0 Å². The molecule has 0 bridgehead atoms. The van der Waals surface area contributed by atoms with Gasteiger partial charge in [-0.3, -0.25) is 0 Å². The van der Waals surface area contributed by atoms with E-state index in [-0.39, 0.29) is 0 Å². The Kier molecular flexibility index (Phi) is 3.61. The fraction of sp³-hybridized carbons (Fsp3) is 1.00. The molecule has 0 radical (unpaired) electrons. The van der Waals surface area contributed by atoms with E-state index >= 15 is 0 Å². The molecular weight excluding hydrogens is 144 g/mol. The van der Waals surface area contributed by atoms with Crippen molar-refractivity contribution in [2.45, 2.75) is 65.7 Å². The summed E-state index contributed by atoms with van der Waals surface area (Å²) in [5.74, 6) is 1.05. The maximum Gasteiger partial charge on any atom is -0.0352 e. The maximum absolute atomic E-state index is 2.44. The highest BCUT2D eigenvalue weighted by Crippen LogP contribution is 2.40. The van der Waals surface area contributed by atoms with Crippen LogP contribution in [0.1, 0.15) is 65.7 Å². The van der Waals surface area contributed by atoms with E-state index in [0.29, 0.717) is 5.41 Å². The Bertz CT molecular complexity index is 124. The fourth-order valence-corrected chi connectivity index (χ4v) is 2.59. The molecule has 0 spiro atoms. The predicted octanol–water partition coefficient (Wildman–Crippen LogP) is 4.39. The third kappa shape index (κ3) is 3.16. The van der Waals surface area contributed by atoms with E-state index in [4.69, 9.17) is 0 Å². The summed E-state index contributed by atoms with van der Waals surface area (Å²) in [6.07, 6.45) is 10.2. The first kappa shape index (κ1) is 10.1. The summed E-state index contributed by atoms with van der Waals surface area (Å²) in [5, 5.41) is 0. The zero-order valence-electron chi connectivity index (χ0n) is 9.03. The third-order valence-corrected chi connectivity index (χ3v) is 3.27. The van der Waals surface area contributed by atoms with Gasteiger partial charge in [0.05, 0.1) is 0 Å². The van der Waals surface area contributed by atoms with E-state index in [0.717, 1.165) is 5.92 Å². The summed E-state index contributed by atoms with van der Waals surface area (Å²) in [6, 6.07) is 0. The first-order chi connectivity index (χ1) is 5.64.